The van der Waals surface area contributed by atoms with Crippen LogP contribution < -0.4 is 10.6 Å². The molecule has 8 nitrogen and oxygen atoms in total. The predicted molar refractivity (Wildman–Crippen MR) is 97.1 cm³/mol. The van der Waals surface area contributed by atoms with Gasteiger partial charge in [0.05, 0.1) is 0 Å². The van der Waals surface area contributed by atoms with E-state index in [4.69, 9.17) is 4.74 Å². The molecule has 3 aromatic rings. The molecule has 3 rings (SSSR count). The highest BCUT2D eigenvalue weighted by Crippen LogP contribution is 2.20. The van der Waals surface area contributed by atoms with Crippen molar-refractivity contribution in [3.63, 3.8) is 0 Å². The van der Waals surface area contributed by atoms with E-state index in [0.717, 1.165) is 5.56 Å². The van der Waals surface area contributed by atoms with Crippen molar-refractivity contribution in [1.82, 2.24) is 20.0 Å². The number of urea groups is 1. The van der Waals surface area contributed by atoms with Crippen molar-refractivity contribution >= 4 is 23.6 Å². The molecule has 2 heterocycles. The Morgan fingerprint density at radius 3 is 2.59 bits per heavy atom. The van der Waals surface area contributed by atoms with Gasteiger partial charge < -0.3 is 14.5 Å². The molecule has 0 spiro atoms. The zero-order valence-electron chi connectivity index (χ0n) is 14.8. The number of carbonyl (C=O) groups excluding carboxylic acids is 3. The first-order chi connectivity index (χ1) is 13.0. The van der Waals surface area contributed by atoms with Crippen LogP contribution in [-0.2, 0) is 9.53 Å². The van der Waals surface area contributed by atoms with Gasteiger partial charge in [-0.3, -0.25) is 10.1 Å². The molecule has 1 aromatic carbocycles. The van der Waals surface area contributed by atoms with Crippen molar-refractivity contribution in [3.05, 3.63) is 71.7 Å². The Morgan fingerprint density at radius 2 is 1.89 bits per heavy atom. The number of esters is 1. The predicted octanol–water partition coefficient (Wildman–Crippen LogP) is 2.00. The Hall–Kier alpha value is -3.68. The Labute approximate surface area is 155 Å². The number of ether oxygens (including phenoxy) is 1. The Balaban J connectivity index is 1.86. The lowest BCUT2D eigenvalue weighted by atomic mass is 10.1. The number of imide groups is 1. The highest BCUT2D eigenvalue weighted by atomic mass is 16.5. The van der Waals surface area contributed by atoms with Crippen molar-refractivity contribution in [2.75, 3.05) is 7.05 Å². The third-order valence-corrected chi connectivity index (χ3v) is 3.85. The first-order valence-electron chi connectivity index (χ1n) is 8.22. The minimum Gasteiger partial charge on any atom is -0.442 e. The average Bonchev–Trinajstić information content (AvgIpc) is 3.09. The molecule has 27 heavy (non-hydrogen) atoms. The fraction of sp³-hybridized carbons (Fsp3) is 0.158. The lowest BCUT2D eigenvalue weighted by Crippen LogP contribution is -2.41. The number of hydrogen-bond acceptors (Lipinski definition) is 5. The molecular formula is C19H18N4O4. The summed E-state index contributed by atoms with van der Waals surface area (Å²) in [7, 11) is 1.38. The fourth-order valence-electron chi connectivity index (χ4n) is 2.49. The van der Waals surface area contributed by atoms with Crippen LogP contribution in [-0.4, -0.2) is 34.3 Å². The van der Waals surface area contributed by atoms with Crippen LogP contribution in [0, 0.1) is 6.92 Å². The summed E-state index contributed by atoms with van der Waals surface area (Å²) in [6, 6.07) is 11.5. The Kier molecular flexibility index (Phi) is 5.16. The van der Waals surface area contributed by atoms with E-state index >= 15 is 0 Å². The molecule has 3 amide bonds. The van der Waals surface area contributed by atoms with Crippen molar-refractivity contribution in [2.24, 2.45) is 0 Å². The summed E-state index contributed by atoms with van der Waals surface area (Å²) in [5.74, 6) is -1.52. The molecule has 0 unspecified atom stereocenters. The van der Waals surface area contributed by atoms with Gasteiger partial charge in [0.1, 0.15) is 5.65 Å². The van der Waals surface area contributed by atoms with Crippen LogP contribution in [0.2, 0.25) is 0 Å². The van der Waals surface area contributed by atoms with Crippen molar-refractivity contribution in [2.45, 2.75) is 13.0 Å². The van der Waals surface area contributed by atoms with Crippen molar-refractivity contribution < 1.29 is 19.1 Å². The van der Waals surface area contributed by atoms with Gasteiger partial charge in [-0.05, 0) is 24.6 Å². The van der Waals surface area contributed by atoms with Gasteiger partial charge >= 0.3 is 12.0 Å². The SMILES string of the molecule is CNC(=O)NC(=O)[C@@H](OC(=O)c1cn2ccc(C)cc2n1)c1ccccc1. The largest absolute Gasteiger partial charge is 0.442 e. The molecule has 0 saturated carbocycles. The minimum atomic E-state index is -1.29. The number of rotatable bonds is 4. The number of benzene rings is 1. The summed E-state index contributed by atoms with van der Waals surface area (Å²) in [5, 5.41) is 4.41. The standard InChI is InChI=1S/C19H18N4O4/c1-12-8-9-23-11-14(21-15(23)10-12)18(25)27-16(13-6-4-3-5-7-13)17(24)22-19(26)20-2/h3-11,16H,1-2H3,(H2,20,22,24,26)/t16-/m0/s1. The molecule has 1 atom stereocenters. The van der Waals surface area contributed by atoms with Gasteiger partial charge in [-0.2, -0.15) is 0 Å². The number of amides is 3. The van der Waals surface area contributed by atoms with Gasteiger partial charge in [-0.15, -0.1) is 0 Å². The zero-order chi connectivity index (χ0) is 19.4. The molecule has 0 aliphatic heterocycles. The fourth-order valence-corrected chi connectivity index (χ4v) is 2.49. The molecule has 8 heteroatoms. The van der Waals surface area contributed by atoms with E-state index in [0.29, 0.717) is 11.2 Å². The maximum atomic E-state index is 12.6. The van der Waals surface area contributed by atoms with Gasteiger partial charge in [-0.25, -0.2) is 14.6 Å². The number of hydrogen-bond donors (Lipinski definition) is 2. The van der Waals surface area contributed by atoms with E-state index in [2.05, 4.69) is 15.6 Å². The first-order valence-corrected chi connectivity index (χ1v) is 8.22. The Morgan fingerprint density at radius 1 is 1.15 bits per heavy atom. The van der Waals surface area contributed by atoms with Gasteiger partial charge in [0, 0.05) is 25.0 Å². The molecule has 2 aromatic heterocycles. The van der Waals surface area contributed by atoms with Crippen LogP contribution in [0.5, 0.6) is 0 Å². The third kappa shape index (κ3) is 4.12. The number of aryl methyl sites for hydroxylation is 1. The molecular weight excluding hydrogens is 348 g/mol. The molecule has 0 aliphatic rings. The number of nitrogens with one attached hydrogen (secondary N) is 2. The zero-order valence-corrected chi connectivity index (χ0v) is 14.8. The van der Waals surface area contributed by atoms with Crippen LogP contribution in [0.1, 0.15) is 27.7 Å². The van der Waals surface area contributed by atoms with E-state index in [-0.39, 0.29) is 5.69 Å². The number of pyridine rings is 1. The molecule has 0 fully saturated rings. The summed E-state index contributed by atoms with van der Waals surface area (Å²) in [6.07, 6.45) is 2.01. The second kappa shape index (κ2) is 7.69. The van der Waals surface area contributed by atoms with Crippen LogP contribution >= 0.6 is 0 Å². The highest BCUT2D eigenvalue weighted by Gasteiger charge is 2.27. The van der Waals surface area contributed by atoms with E-state index in [9.17, 15) is 14.4 Å². The number of imidazole rings is 1. The van der Waals surface area contributed by atoms with E-state index in [1.54, 1.807) is 40.9 Å². The van der Waals surface area contributed by atoms with Gasteiger partial charge in [0.25, 0.3) is 5.91 Å². The van der Waals surface area contributed by atoms with Gasteiger partial charge in [0.2, 0.25) is 6.10 Å². The number of aromatic nitrogens is 2. The molecule has 0 aliphatic carbocycles. The lowest BCUT2D eigenvalue weighted by Gasteiger charge is -2.16. The number of nitrogens with zero attached hydrogens (tertiary/aromatic N) is 2. The molecule has 0 bridgehead atoms. The van der Waals surface area contributed by atoms with Crippen molar-refractivity contribution in [1.29, 1.82) is 0 Å². The van der Waals surface area contributed by atoms with E-state index < -0.39 is 24.0 Å². The second-order valence-electron chi connectivity index (χ2n) is 5.86. The molecule has 138 valence electrons. The molecule has 0 saturated heterocycles. The number of carbonyl (C=O) groups is 3. The minimum absolute atomic E-state index is 0.0641. The van der Waals surface area contributed by atoms with Crippen LogP contribution in [0.4, 0.5) is 4.79 Å². The summed E-state index contributed by atoms with van der Waals surface area (Å²) >= 11 is 0. The topological polar surface area (TPSA) is 102 Å². The smallest absolute Gasteiger partial charge is 0.359 e. The maximum absolute atomic E-state index is 12.6. The van der Waals surface area contributed by atoms with E-state index in [1.165, 1.54) is 13.2 Å². The summed E-state index contributed by atoms with van der Waals surface area (Å²) in [6.45, 7) is 1.92. The second-order valence-corrected chi connectivity index (χ2v) is 5.86. The molecule has 0 radical (unpaired) electrons. The normalized spacial score (nSPS) is 11.6. The first kappa shape index (κ1) is 18.1. The lowest BCUT2D eigenvalue weighted by molar-refractivity contribution is -0.129. The summed E-state index contributed by atoms with van der Waals surface area (Å²) < 4.78 is 7.07. The summed E-state index contributed by atoms with van der Waals surface area (Å²) in [5.41, 5.74) is 2.09. The quantitative estimate of drug-likeness (QED) is 0.688. The average molecular weight is 366 g/mol. The van der Waals surface area contributed by atoms with Crippen LogP contribution in [0.3, 0.4) is 0 Å². The Bertz CT molecular complexity index is 997. The van der Waals surface area contributed by atoms with Crippen molar-refractivity contribution in [3.8, 4) is 0 Å². The van der Waals surface area contributed by atoms with Gasteiger partial charge in [-0.1, -0.05) is 30.3 Å². The van der Waals surface area contributed by atoms with Crippen LogP contribution in [0.25, 0.3) is 5.65 Å². The highest BCUT2D eigenvalue weighted by molar-refractivity contribution is 5.98. The maximum Gasteiger partial charge on any atom is 0.359 e. The third-order valence-electron chi connectivity index (χ3n) is 3.85. The van der Waals surface area contributed by atoms with Crippen LogP contribution in [0.15, 0.2) is 54.9 Å². The molecule has 2 N–H and O–H groups in total. The number of fused-ring (bicyclic) bond motifs is 1. The van der Waals surface area contributed by atoms with Gasteiger partial charge in [0.15, 0.2) is 5.69 Å². The monoisotopic (exact) mass is 366 g/mol. The summed E-state index contributed by atoms with van der Waals surface area (Å²) in [4.78, 5) is 40.7. The van der Waals surface area contributed by atoms with E-state index in [1.807, 2.05) is 19.1 Å².